The highest BCUT2D eigenvalue weighted by Crippen LogP contribution is 2.33. The Morgan fingerprint density at radius 3 is 2.66 bits per heavy atom. The lowest BCUT2D eigenvalue weighted by Gasteiger charge is -2.27. The second-order valence-corrected chi connectivity index (χ2v) is 9.91. The van der Waals surface area contributed by atoms with Crippen molar-refractivity contribution in [1.29, 1.82) is 5.41 Å². The Balaban J connectivity index is 1.61. The third-order valence-corrected chi connectivity index (χ3v) is 7.63. The summed E-state index contributed by atoms with van der Waals surface area (Å²) in [6.45, 7) is 4.61. The molecule has 2 aromatic rings. The number of aliphatic imine (C=N–C) groups is 2. The largest absolute Gasteiger partial charge is 0.309 e. The molecular weight excluding hydrogens is 430 g/mol. The molecule has 184 valence electrons. The predicted octanol–water partition coefficient (Wildman–Crippen LogP) is 7.09. The molecule has 0 bridgehead atoms. The van der Waals surface area contributed by atoms with Crippen molar-refractivity contribution in [2.24, 2.45) is 21.8 Å². The van der Waals surface area contributed by atoms with E-state index >= 15 is 0 Å². The molecule has 5 heteroatoms. The Kier molecular flexibility index (Phi) is 8.73. The van der Waals surface area contributed by atoms with Gasteiger partial charge in [0.1, 0.15) is 0 Å². The van der Waals surface area contributed by atoms with E-state index in [1.54, 1.807) is 0 Å². The number of aryl methyl sites for hydroxylation is 1. The summed E-state index contributed by atoms with van der Waals surface area (Å²) in [5.41, 5.74) is 5.97. The Bertz CT molecular complexity index is 1100. The maximum Gasteiger partial charge on any atom is 0.249 e. The van der Waals surface area contributed by atoms with Gasteiger partial charge in [-0.25, -0.2) is 15.0 Å². The lowest BCUT2D eigenvalue weighted by molar-refractivity contribution is 0.287. The van der Waals surface area contributed by atoms with Crippen molar-refractivity contribution >= 4 is 23.1 Å². The number of hydrogen-bond acceptors (Lipinski definition) is 5. The molecule has 0 aliphatic heterocycles. The van der Waals surface area contributed by atoms with Crippen molar-refractivity contribution in [3.05, 3.63) is 65.5 Å². The highest BCUT2D eigenvalue weighted by atomic mass is 15.0. The van der Waals surface area contributed by atoms with Gasteiger partial charge in [-0.2, -0.15) is 0 Å². The van der Waals surface area contributed by atoms with Crippen molar-refractivity contribution in [2.75, 3.05) is 7.05 Å². The van der Waals surface area contributed by atoms with E-state index in [-0.39, 0.29) is 5.92 Å². The minimum atomic E-state index is -0.196. The average Bonchev–Trinajstić information content (AvgIpc) is 2.87. The molecule has 1 aromatic heterocycles. The molecule has 3 unspecified atom stereocenters. The molecule has 0 fully saturated rings. The molecule has 35 heavy (non-hydrogen) atoms. The van der Waals surface area contributed by atoms with E-state index in [4.69, 9.17) is 15.4 Å². The molecule has 2 aliphatic carbocycles. The smallest absolute Gasteiger partial charge is 0.249 e. The van der Waals surface area contributed by atoms with Crippen LogP contribution < -0.4 is 0 Å². The number of aromatic nitrogens is 2. The summed E-state index contributed by atoms with van der Waals surface area (Å²) >= 11 is 0. The molecule has 0 saturated carbocycles. The molecule has 3 atom stereocenters. The van der Waals surface area contributed by atoms with Gasteiger partial charge in [0.2, 0.25) is 5.95 Å². The van der Waals surface area contributed by atoms with Gasteiger partial charge in [-0.05, 0) is 61.1 Å². The fourth-order valence-electron chi connectivity index (χ4n) is 5.66. The van der Waals surface area contributed by atoms with Crippen LogP contribution >= 0.6 is 0 Å². The zero-order chi connectivity index (χ0) is 24.6. The lowest BCUT2D eigenvalue weighted by atomic mass is 9.79. The highest BCUT2D eigenvalue weighted by molar-refractivity contribution is 6.12. The maximum absolute atomic E-state index is 8.76. The van der Waals surface area contributed by atoms with Crippen molar-refractivity contribution in [2.45, 2.75) is 77.6 Å². The highest BCUT2D eigenvalue weighted by Gasteiger charge is 2.31. The first-order chi connectivity index (χ1) is 17.1. The van der Waals surface area contributed by atoms with Gasteiger partial charge < -0.3 is 5.41 Å². The number of nitrogens with zero attached hydrogens (tertiary/aromatic N) is 4. The minimum absolute atomic E-state index is 0.196. The molecule has 2 aliphatic rings. The van der Waals surface area contributed by atoms with E-state index in [0.717, 1.165) is 66.6 Å². The standard InChI is InChI=1S/C30H39N5/c1-4-10-23-15-17-25(14-9-13-22(23)5-2)34-30-33-20-24-16-18-26(31)28(29(24)35-30)27(32-3)19-21-11-7-6-8-12-21/h6-9,11-12,14,20,22-23,28,31H,4-5,10,13,15-19H2,1-3H3/b14-9-,31-26?,32-27?,34-25?. The average molecular weight is 470 g/mol. The van der Waals surface area contributed by atoms with Crippen molar-refractivity contribution < 1.29 is 0 Å². The molecule has 0 spiro atoms. The molecule has 0 saturated heterocycles. The molecule has 5 nitrogen and oxygen atoms in total. The maximum atomic E-state index is 8.76. The van der Waals surface area contributed by atoms with E-state index in [1.807, 2.05) is 19.3 Å². The Labute approximate surface area is 210 Å². The van der Waals surface area contributed by atoms with E-state index < -0.39 is 0 Å². The van der Waals surface area contributed by atoms with Crippen molar-refractivity contribution in [1.82, 2.24) is 9.97 Å². The summed E-state index contributed by atoms with van der Waals surface area (Å²) in [6, 6.07) is 10.4. The van der Waals surface area contributed by atoms with Gasteiger partial charge >= 0.3 is 0 Å². The van der Waals surface area contributed by atoms with Gasteiger partial charge in [-0.3, -0.25) is 4.99 Å². The third kappa shape index (κ3) is 6.19. The molecule has 1 aromatic carbocycles. The van der Waals surface area contributed by atoms with Gasteiger partial charge in [0.15, 0.2) is 0 Å². The summed E-state index contributed by atoms with van der Waals surface area (Å²) in [7, 11) is 1.83. The summed E-state index contributed by atoms with van der Waals surface area (Å²) in [5.74, 6) is 1.85. The number of nitrogens with one attached hydrogen (secondary N) is 1. The normalized spacial score (nSPS) is 25.1. The SMILES string of the molecule is CCCC1CCC(=Nc2ncc3c(n2)C(C(Cc2ccccc2)=NC)C(=N)CC3)/C=C\CC1CC. The van der Waals surface area contributed by atoms with Crippen LogP contribution in [0.15, 0.2) is 58.7 Å². The Morgan fingerprint density at radius 1 is 1.09 bits per heavy atom. The van der Waals surface area contributed by atoms with Crippen molar-refractivity contribution in [3.63, 3.8) is 0 Å². The van der Waals surface area contributed by atoms with Crippen LogP contribution in [0, 0.1) is 17.2 Å². The fourth-order valence-corrected chi connectivity index (χ4v) is 5.66. The van der Waals surface area contributed by atoms with Crippen LogP contribution in [-0.4, -0.2) is 34.2 Å². The van der Waals surface area contributed by atoms with E-state index in [0.29, 0.717) is 11.7 Å². The first-order valence-corrected chi connectivity index (χ1v) is 13.3. The molecule has 1 heterocycles. The second kappa shape index (κ2) is 12.1. The summed E-state index contributed by atoms with van der Waals surface area (Å²) in [6.07, 6.45) is 15.7. The summed E-state index contributed by atoms with van der Waals surface area (Å²) in [4.78, 5) is 19.1. The number of hydrogen-bond donors (Lipinski definition) is 1. The molecular formula is C30H39N5. The monoisotopic (exact) mass is 469 g/mol. The van der Waals surface area contributed by atoms with Gasteiger partial charge in [-0.15, -0.1) is 0 Å². The van der Waals surface area contributed by atoms with Gasteiger partial charge in [0.25, 0.3) is 0 Å². The van der Waals surface area contributed by atoms with Gasteiger partial charge in [0.05, 0.1) is 11.6 Å². The summed E-state index contributed by atoms with van der Waals surface area (Å²) in [5, 5.41) is 8.76. The third-order valence-electron chi connectivity index (χ3n) is 7.63. The minimum Gasteiger partial charge on any atom is -0.309 e. The predicted molar refractivity (Wildman–Crippen MR) is 147 cm³/mol. The molecule has 1 N–H and O–H groups in total. The Morgan fingerprint density at radius 2 is 1.91 bits per heavy atom. The topological polar surface area (TPSA) is 74.3 Å². The van der Waals surface area contributed by atoms with Crippen LogP contribution in [0.1, 0.15) is 81.5 Å². The van der Waals surface area contributed by atoms with Crippen LogP contribution in [0.4, 0.5) is 5.95 Å². The van der Waals surface area contributed by atoms with Crippen molar-refractivity contribution in [3.8, 4) is 0 Å². The zero-order valence-electron chi connectivity index (χ0n) is 21.5. The Hall–Kier alpha value is -2.95. The molecule has 0 amide bonds. The summed E-state index contributed by atoms with van der Waals surface area (Å²) < 4.78 is 0. The second-order valence-electron chi connectivity index (χ2n) is 9.91. The quantitative estimate of drug-likeness (QED) is 0.439. The lowest BCUT2D eigenvalue weighted by Crippen LogP contribution is -2.29. The number of benzene rings is 1. The van der Waals surface area contributed by atoms with Gasteiger partial charge in [0, 0.05) is 36.8 Å². The number of rotatable bonds is 7. The number of allylic oxidation sites excluding steroid dienone is 2. The first-order valence-electron chi connectivity index (χ1n) is 13.3. The van der Waals surface area contributed by atoms with E-state index in [1.165, 1.54) is 31.2 Å². The van der Waals surface area contributed by atoms with E-state index in [9.17, 15) is 0 Å². The molecule has 0 radical (unpaired) electrons. The van der Waals surface area contributed by atoms with Crippen LogP contribution in [-0.2, 0) is 12.8 Å². The first kappa shape index (κ1) is 25.2. The van der Waals surface area contributed by atoms with E-state index in [2.05, 4.69) is 60.2 Å². The van der Waals surface area contributed by atoms with Crippen LogP contribution in [0.25, 0.3) is 0 Å². The van der Waals surface area contributed by atoms with Crippen LogP contribution in [0.2, 0.25) is 0 Å². The fraction of sp³-hybridized carbons (Fsp3) is 0.500. The van der Waals surface area contributed by atoms with Crippen LogP contribution in [0.5, 0.6) is 0 Å². The zero-order valence-corrected chi connectivity index (χ0v) is 21.5. The number of fused-ring (bicyclic) bond motifs is 1. The van der Waals surface area contributed by atoms with Crippen LogP contribution in [0.3, 0.4) is 0 Å². The molecule has 4 rings (SSSR count). The van der Waals surface area contributed by atoms with Gasteiger partial charge in [-0.1, -0.05) is 69.5 Å².